The third-order valence-corrected chi connectivity index (χ3v) is 4.50. The SMILES string of the molecule is CCCNC(CCN(C)C(CC)CC)c1ccc(Cl)cc1. The maximum atomic E-state index is 6.00. The molecule has 1 unspecified atom stereocenters. The fourth-order valence-corrected chi connectivity index (χ4v) is 2.95. The van der Waals surface area contributed by atoms with Crippen LogP contribution in [0, 0.1) is 0 Å². The molecule has 0 radical (unpaired) electrons. The molecule has 0 heterocycles. The predicted molar refractivity (Wildman–Crippen MR) is 94.1 cm³/mol. The van der Waals surface area contributed by atoms with Gasteiger partial charge in [0.2, 0.25) is 0 Å². The van der Waals surface area contributed by atoms with Crippen molar-refractivity contribution in [2.75, 3.05) is 20.1 Å². The third-order valence-electron chi connectivity index (χ3n) is 4.25. The lowest BCUT2D eigenvalue weighted by molar-refractivity contribution is 0.217. The Labute approximate surface area is 135 Å². The third kappa shape index (κ3) is 6.37. The average Bonchev–Trinajstić information content (AvgIpc) is 2.50. The first-order valence-corrected chi connectivity index (χ1v) is 8.69. The minimum Gasteiger partial charge on any atom is -0.310 e. The van der Waals surface area contributed by atoms with Crippen LogP contribution >= 0.6 is 11.6 Å². The topological polar surface area (TPSA) is 15.3 Å². The highest BCUT2D eigenvalue weighted by Gasteiger charge is 2.15. The Kier molecular flexibility index (Phi) is 8.98. The van der Waals surface area contributed by atoms with Crippen LogP contribution < -0.4 is 5.32 Å². The molecular weight excluding hydrogens is 280 g/mol. The summed E-state index contributed by atoms with van der Waals surface area (Å²) < 4.78 is 0. The minimum atomic E-state index is 0.416. The number of nitrogens with zero attached hydrogens (tertiary/aromatic N) is 1. The molecule has 3 heteroatoms. The molecule has 0 saturated heterocycles. The first-order valence-electron chi connectivity index (χ1n) is 8.31. The van der Waals surface area contributed by atoms with Crippen LogP contribution in [-0.2, 0) is 0 Å². The van der Waals surface area contributed by atoms with Gasteiger partial charge in [-0.2, -0.15) is 0 Å². The van der Waals surface area contributed by atoms with Crippen LogP contribution in [0.5, 0.6) is 0 Å². The summed E-state index contributed by atoms with van der Waals surface area (Å²) in [7, 11) is 2.25. The lowest BCUT2D eigenvalue weighted by atomic mass is 10.0. The van der Waals surface area contributed by atoms with E-state index in [-0.39, 0.29) is 0 Å². The van der Waals surface area contributed by atoms with E-state index in [0.717, 1.165) is 31.0 Å². The van der Waals surface area contributed by atoms with Gasteiger partial charge in [0.15, 0.2) is 0 Å². The van der Waals surface area contributed by atoms with E-state index in [1.54, 1.807) is 0 Å². The van der Waals surface area contributed by atoms with Crippen molar-refractivity contribution in [3.63, 3.8) is 0 Å². The molecule has 120 valence electrons. The zero-order chi connectivity index (χ0) is 15.7. The van der Waals surface area contributed by atoms with Crippen molar-refractivity contribution in [2.24, 2.45) is 0 Å². The second kappa shape index (κ2) is 10.2. The van der Waals surface area contributed by atoms with Crippen molar-refractivity contribution >= 4 is 11.6 Å². The Balaban J connectivity index is 2.63. The first-order chi connectivity index (χ1) is 10.1. The molecule has 0 spiro atoms. The molecule has 2 nitrogen and oxygen atoms in total. The first kappa shape index (κ1) is 18.5. The van der Waals surface area contributed by atoms with Gasteiger partial charge in [-0.05, 0) is 63.5 Å². The van der Waals surface area contributed by atoms with E-state index in [0.29, 0.717) is 12.1 Å². The summed E-state index contributed by atoms with van der Waals surface area (Å²) in [5.74, 6) is 0. The molecule has 0 aliphatic heterocycles. The molecule has 0 aromatic heterocycles. The molecule has 1 aromatic carbocycles. The molecule has 1 atom stereocenters. The van der Waals surface area contributed by atoms with Gasteiger partial charge in [-0.15, -0.1) is 0 Å². The molecule has 0 saturated carbocycles. The lowest BCUT2D eigenvalue weighted by Gasteiger charge is -2.28. The Bertz CT molecular complexity index is 373. The standard InChI is InChI=1S/C18H31ClN2/c1-5-13-20-18(15-8-10-16(19)11-9-15)12-14-21(4)17(6-2)7-3/h8-11,17-18,20H,5-7,12-14H2,1-4H3. The Hall–Kier alpha value is -0.570. The van der Waals surface area contributed by atoms with Crippen LogP contribution in [0.3, 0.4) is 0 Å². The second-order valence-electron chi connectivity index (χ2n) is 5.80. The van der Waals surface area contributed by atoms with Crippen LogP contribution in [0.15, 0.2) is 24.3 Å². The molecule has 0 aliphatic rings. The molecular formula is C18H31ClN2. The summed E-state index contributed by atoms with van der Waals surface area (Å²) in [6, 6.07) is 9.38. The van der Waals surface area contributed by atoms with Gasteiger partial charge >= 0.3 is 0 Å². The highest BCUT2D eigenvalue weighted by atomic mass is 35.5. The summed E-state index contributed by atoms with van der Waals surface area (Å²) in [6.07, 6.45) is 4.74. The largest absolute Gasteiger partial charge is 0.310 e. The van der Waals surface area contributed by atoms with E-state index in [1.807, 2.05) is 12.1 Å². The Morgan fingerprint density at radius 2 is 1.71 bits per heavy atom. The van der Waals surface area contributed by atoms with E-state index >= 15 is 0 Å². The summed E-state index contributed by atoms with van der Waals surface area (Å²) >= 11 is 6.00. The molecule has 1 N–H and O–H groups in total. The maximum Gasteiger partial charge on any atom is 0.0406 e. The summed E-state index contributed by atoms with van der Waals surface area (Å²) in [6.45, 7) is 8.94. The minimum absolute atomic E-state index is 0.416. The van der Waals surface area contributed by atoms with Crippen molar-refractivity contribution in [1.82, 2.24) is 10.2 Å². The highest BCUT2D eigenvalue weighted by Crippen LogP contribution is 2.20. The van der Waals surface area contributed by atoms with E-state index in [9.17, 15) is 0 Å². The van der Waals surface area contributed by atoms with Crippen LogP contribution in [0.2, 0.25) is 5.02 Å². The van der Waals surface area contributed by atoms with Gasteiger partial charge in [0.05, 0.1) is 0 Å². The fraction of sp³-hybridized carbons (Fsp3) is 0.667. The van der Waals surface area contributed by atoms with E-state index in [2.05, 4.69) is 50.2 Å². The summed E-state index contributed by atoms with van der Waals surface area (Å²) in [5, 5.41) is 4.47. The van der Waals surface area contributed by atoms with Crippen molar-refractivity contribution in [3.05, 3.63) is 34.9 Å². The number of hydrogen-bond donors (Lipinski definition) is 1. The van der Waals surface area contributed by atoms with E-state index in [1.165, 1.54) is 18.4 Å². The number of hydrogen-bond acceptors (Lipinski definition) is 2. The van der Waals surface area contributed by atoms with E-state index in [4.69, 9.17) is 11.6 Å². The second-order valence-corrected chi connectivity index (χ2v) is 6.23. The van der Waals surface area contributed by atoms with Gasteiger partial charge in [0.25, 0.3) is 0 Å². The van der Waals surface area contributed by atoms with Gasteiger partial charge in [-0.1, -0.05) is 44.5 Å². The van der Waals surface area contributed by atoms with Crippen LogP contribution in [-0.4, -0.2) is 31.1 Å². The van der Waals surface area contributed by atoms with Crippen LogP contribution in [0.4, 0.5) is 0 Å². The number of nitrogens with one attached hydrogen (secondary N) is 1. The van der Waals surface area contributed by atoms with E-state index < -0.39 is 0 Å². The number of halogens is 1. The molecule has 0 fully saturated rings. The van der Waals surface area contributed by atoms with Gasteiger partial charge in [-0.25, -0.2) is 0 Å². The highest BCUT2D eigenvalue weighted by molar-refractivity contribution is 6.30. The van der Waals surface area contributed by atoms with Crippen molar-refractivity contribution in [1.29, 1.82) is 0 Å². The average molecular weight is 311 g/mol. The Morgan fingerprint density at radius 3 is 2.24 bits per heavy atom. The number of benzene rings is 1. The van der Waals surface area contributed by atoms with Gasteiger partial charge < -0.3 is 10.2 Å². The van der Waals surface area contributed by atoms with Gasteiger partial charge in [0, 0.05) is 17.1 Å². The quantitative estimate of drug-likeness (QED) is 0.662. The maximum absolute atomic E-state index is 6.00. The van der Waals surface area contributed by atoms with Gasteiger partial charge in [0.1, 0.15) is 0 Å². The summed E-state index contributed by atoms with van der Waals surface area (Å²) in [5.41, 5.74) is 1.34. The van der Waals surface area contributed by atoms with Crippen molar-refractivity contribution in [2.45, 2.75) is 58.5 Å². The molecule has 1 rings (SSSR count). The van der Waals surface area contributed by atoms with Crippen LogP contribution in [0.25, 0.3) is 0 Å². The zero-order valence-corrected chi connectivity index (χ0v) is 14.8. The van der Waals surface area contributed by atoms with Crippen molar-refractivity contribution < 1.29 is 0 Å². The number of rotatable bonds is 10. The molecule has 0 bridgehead atoms. The monoisotopic (exact) mass is 310 g/mol. The Morgan fingerprint density at radius 1 is 1.10 bits per heavy atom. The lowest BCUT2D eigenvalue weighted by Crippen LogP contribution is -2.34. The summed E-state index contributed by atoms with van der Waals surface area (Å²) in [4.78, 5) is 2.50. The molecule has 0 amide bonds. The molecule has 1 aromatic rings. The zero-order valence-electron chi connectivity index (χ0n) is 14.0. The smallest absolute Gasteiger partial charge is 0.0406 e. The van der Waals surface area contributed by atoms with Crippen LogP contribution in [0.1, 0.15) is 58.1 Å². The normalized spacial score (nSPS) is 13.1. The molecule has 0 aliphatic carbocycles. The molecule has 21 heavy (non-hydrogen) atoms. The fourth-order valence-electron chi connectivity index (χ4n) is 2.83. The predicted octanol–water partition coefficient (Wildman–Crippen LogP) is 4.89. The van der Waals surface area contributed by atoms with Gasteiger partial charge in [-0.3, -0.25) is 0 Å². The van der Waals surface area contributed by atoms with Crippen molar-refractivity contribution in [3.8, 4) is 0 Å².